The maximum Gasteiger partial charge on any atom is 0.267 e. The molecule has 0 aliphatic heterocycles. The van der Waals surface area contributed by atoms with Gasteiger partial charge in [0.1, 0.15) is 5.69 Å². The summed E-state index contributed by atoms with van der Waals surface area (Å²) in [5.74, 6) is 0.205. The largest absolute Gasteiger partial charge is 0.463 e. The summed E-state index contributed by atoms with van der Waals surface area (Å²) in [6.07, 6.45) is 1.53. The predicted molar refractivity (Wildman–Crippen MR) is 99.7 cm³/mol. The van der Waals surface area contributed by atoms with E-state index in [4.69, 9.17) is 27.6 Å². The van der Waals surface area contributed by atoms with Gasteiger partial charge in [-0.25, -0.2) is 4.68 Å². The lowest BCUT2D eigenvalue weighted by molar-refractivity contribution is 0.0947. The van der Waals surface area contributed by atoms with Gasteiger partial charge in [0, 0.05) is 17.6 Å². The van der Waals surface area contributed by atoms with E-state index in [0.717, 1.165) is 0 Å². The van der Waals surface area contributed by atoms with Crippen molar-refractivity contribution in [1.29, 1.82) is 0 Å². The molecule has 8 heteroatoms. The average Bonchev–Trinajstić information content (AvgIpc) is 3.14. The number of carbonyl (C=O) groups excluding carboxylic acids is 1. The molecule has 6 nitrogen and oxygen atoms in total. The summed E-state index contributed by atoms with van der Waals surface area (Å²) in [6.45, 7) is 1.98. The molecule has 26 heavy (non-hydrogen) atoms. The number of hydrogen-bond acceptors (Lipinski definition) is 4. The number of rotatable bonds is 5. The number of aromatic nitrogens is 2. The number of benzene rings is 1. The summed E-state index contributed by atoms with van der Waals surface area (Å²) >= 11 is 11.9. The van der Waals surface area contributed by atoms with Gasteiger partial charge in [-0.05, 0) is 43.3 Å². The molecule has 1 amide bonds. The summed E-state index contributed by atoms with van der Waals surface area (Å²) in [7, 11) is 0. The smallest absolute Gasteiger partial charge is 0.267 e. The second-order valence-corrected chi connectivity index (χ2v) is 6.51. The molecule has 0 radical (unpaired) electrons. The monoisotopic (exact) mass is 391 g/mol. The lowest BCUT2D eigenvalue weighted by Gasteiger charge is -2.15. The fourth-order valence-corrected chi connectivity index (χ4v) is 2.89. The Hall–Kier alpha value is -2.57. The van der Waals surface area contributed by atoms with Crippen LogP contribution >= 0.6 is 23.2 Å². The SMILES string of the molecule is CC(CNC(=O)c1ccc(Cl)cc1Cl)n1nc(-c2ccco2)ccc1=O. The first kappa shape index (κ1) is 18.2. The molecule has 1 atom stereocenters. The van der Waals surface area contributed by atoms with E-state index in [0.29, 0.717) is 22.0 Å². The molecule has 2 heterocycles. The van der Waals surface area contributed by atoms with Crippen LogP contribution in [0.3, 0.4) is 0 Å². The molecule has 0 saturated heterocycles. The molecule has 0 aliphatic rings. The number of amides is 1. The molecule has 1 aromatic carbocycles. The van der Waals surface area contributed by atoms with Crippen molar-refractivity contribution in [3.63, 3.8) is 0 Å². The minimum absolute atomic E-state index is 0.201. The number of halogens is 2. The number of carbonyl (C=O) groups is 1. The number of hydrogen-bond donors (Lipinski definition) is 1. The fraction of sp³-hybridized carbons (Fsp3) is 0.167. The van der Waals surface area contributed by atoms with Gasteiger partial charge in [0.15, 0.2) is 5.76 Å². The van der Waals surface area contributed by atoms with Gasteiger partial charge in [-0.1, -0.05) is 23.2 Å². The van der Waals surface area contributed by atoms with E-state index in [-0.39, 0.29) is 29.1 Å². The number of nitrogens with one attached hydrogen (secondary N) is 1. The molecule has 3 aromatic rings. The molecular formula is C18H15Cl2N3O3. The summed E-state index contributed by atoms with van der Waals surface area (Å²) in [5.41, 5.74) is 0.577. The fourth-order valence-electron chi connectivity index (χ4n) is 2.39. The molecule has 1 N–H and O–H groups in total. The van der Waals surface area contributed by atoms with Gasteiger partial charge >= 0.3 is 0 Å². The van der Waals surface area contributed by atoms with Crippen LogP contribution in [-0.4, -0.2) is 22.2 Å². The summed E-state index contributed by atoms with van der Waals surface area (Å²) < 4.78 is 6.61. The quantitative estimate of drug-likeness (QED) is 0.717. The third-order valence-corrected chi connectivity index (χ3v) is 4.30. The predicted octanol–water partition coefficient (Wildman–Crippen LogP) is 3.80. The Bertz CT molecular complexity index is 984. The highest BCUT2D eigenvalue weighted by atomic mass is 35.5. The highest BCUT2D eigenvalue weighted by Gasteiger charge is 2.15. The first-order chi connectivity index (χ1) is 12.5. The van der Waals surface area contributed by atoms with Crippen molar-refractivity contribution < 1.29 is 9.21 Å². The number of furan rings is 1. The van der Waals surface area contributed by atoms with E-state index in [2.05, 4.69) is 10.4 Å². The van der Waals surface area contributed by atoms with Crippen LogP contribution in [0, 0.1) is 0 Å². The zero-order chi connectivity index (χ0) is 18.7. The average molecular weight is 392 g/mol. The van der Waals surface area contributed by atoms with Gasteiger partial charge in [-0.3, -0.25) is 9.59 Å². The molecule has 0 saturated carbocycles. The highest BCUT2D eigenvalue weighted by Crippen LogP contribution is 2.21. The van der Waals surface area contributed by atoms with Gasteiger partial charge in [-0.15, -0.1) is 0 Å². The minimum atomic E-state index is -0.368. The molecule has 1 unspecified atom stereocenters. The molecular weight excluding hydrogens is 377 g/mol. The normalized spacial score (nSPS) is 12.0. The molecule has 2 aromatic heterocycles. The van der Waals surface area contributed by atoms with Crippen molar-refractivity contribution in [3.05, 3.63) is 74.7 Å². The van der Waals surface area contributed by atoms with Crippen LogP contribution < -0.4 is 10.9 Å². The van der Waals surface area contributed by atoms with E-state index in [1.807, 2.05) is 0 Å². The zero-order valence-electron chi connectivity index (χ0n) is 13.8. The molecule has 134 valence electrons. The van der Waals surface area contributed by atoms with Crippen LogP contribution in [0.5, 0.6) is 0 Å². The van der Waals surface area contributed by atoms with Crippen LogP contribution in [0.4, 0.5) is 0 Å². The number of nitrogens with zero attached hydrogens (tertiary/aromatic N) is 2. The minimum Gasteiger partial charge on any atom is -0.463 e. The Kier molecular flexibility index (Phi) is 5.44. The maximum atomic E-state index is 12.3. The van der Waals surface area contributed by atoms with Crippen LogP contribution in [-0.2, 0) is 0 Å². The third-order valence-electron chi connectivity index (χ3n) is 3.75. The Morgan fingerprint density at radius 1 is 1.27 bits per heavy atom. The van der Waals surface area contributed by atoms with Crippen molar-refractivity contribution in [2.24, 2.45) is 0 Å². The maximum absolute atomic E-state index is 12.3. The van der Waals surface area contributed by atoms with Crippen molar-refractivity contribution in [2.45, 2.75) is 13.0 Å². The van der Waals surface area contributed by atoms with E-state index < -0.39 is 0 Å². The van der Waals surface area contributed by atoms with Crippen LogP contribution in [0.2, 0.25) is 10.0 Å². The van der Waals surface area contributed by atoms with Crippen LogP contribution in [0.25, 0.3) is 11.5 Å². The highest BCUT2D eigenvalue weighted by molar-refractivity contribution is 6.36. The first-order valence-electron chi connectivity index (χ1n) is 7.82. The molecule has 0 fully saturated rings. The second kappa shape index (κ2) is 7.76. The topological polar surface area (TPSA) is 77.1 Å². The molecule has 0 spiro atoms. The van der Waals surface area contributed by atoms with Crippen molar-refractivity contribution in [3.8, 4) is 11.5 Å². The van der Waals surface area contributed by atoms with E-state index in [1.54, 1.807) is 37.3 Å². The zero-order valence-corrected chi connectivity index (χ0v) is 15.3. The molecule has 0 aliphatic carbocycles. The molecule has 0 bridgehead atoms. The van der Waals surface area contributed by atoms with Gasteiger partial charge in [0.05, 0.1) is 22.9 Å². The lowest BCUT2D eigenvalue weighted by atomic mass is 10.2. The van der Waals surface area contributed by atoms with E-state index in [1.165, 1.54) is 23.1 Å². The Labute approximate surface area is 159 Å². The van der Waals surface area contributed by atoms with Crippen molar-refractivity contribution >= 4 is 29.1 Å². The summed E-state index contributed by atoms with van der Waals surface area (Å²) in [6, 6.07) is 10.8. The second-order valence-electron chi connectivity index (χ2n) is 5.66. The van der Waals surface area contributed by atoms with Gasteiger partial charge < -0.3 is 9.73 Å². The molecule has 3 rings (SSSR count). The Balaban J connectivity index is 1.74. The Morgan fingerprint density at radius 3 is 2.77 bits per heavy atom. The van der Waals surface area contributed by atoms with E-state index >= 15 is 0 Å². The van der Waals surface area contributed by atoms with Gasteiger partial charge in [0.25, 0.3) is 11.5 Å². The van der Waals surface area contributed by atoms with Gasteiger partial charge in [-0.2, -0.15) is 5.10 Å². The van der Waals surface area contributed by atoms with Crippen molar-refractivity contribution in [1.82, 2.24) is 15.1 Å². The summed E-state index contributed by atoms with van der Waals surface area (Å²) in [4.78, 5) is 24.4. The first-order valence-corrected chi connectivity index (χ1v) is 8.58. The van der Waals surface area contributed by atoms with E-state index in [9.17, 15) is 9.59 Å². The third kappa shape index (κ3) is 3.98. The summed E-state index contributed by atoms with van der Waals surface area (Å²) in [5, 5.41) is 7.77. The standard InChI is InChI=1S/C18H15Cl2N3O3/c1-11(10-21-18(25)13-5-4-12(19)9-14(13)20)23-17(24)7-6-15(22-23)16-3-2-8-26-16/h2-9,11H,10H2,1H3,(H,21,25). The Morgan fingerprint density at radius 2 is 2.08 bits per heavy atom. The van der Waals surface area contributed by atoms with Crippen LogP contribution in [0.1, 0.15) is 23.3 Å². The van der Waals surface area contributed by atoms with Gasteiger partial charge in [0.2, 0.25) is 0 Å². The van der Waals surface area contributed by atoms with Crippen molar-refractivity contribution in [2.75, 3.05) is 6.54 Å². The lowest BCUT2D eigenvalue weighted by Crippen LogP contribution is -2.35. The van der Waals surface area contributed by atoms with Crippen LogP contribution in [0.15, 0.2) is 57.9 Å².